The molecule has 1 atom stereocenters. The van der Waals surface area contributed by atoms with Crippen molar-refractivity contribution >= 4 is 5.91 Å². The number of H-pyrrole nitrogens is 1. The molecule has 0 saturated carbocycles. The number of hydrogen-bond donors (Lipinski definition) is 3. The number of ether oxygens (including phenoxy) is 2. The third-order valence-corrected chi connectivity index (χ3v) is 4.60. The van der Waals surface area contributed by atoms with Crippen LogP contribution in [0.2, 0.25) is 0 Å². The third-order valence-electron chi connectivity index (χ3n) is 4.60. The summed E-state index contributed by atoms with van der Waals surface area (Å²) in [5, 5.41) is 17.0. The monoisotopic (exact) mass is 387 g/mol. The molecule has 0 radical (unpaired) electrons. The van der Waals surface area contributed by atoms with Crippen LogP contribution in [0.3, 0.4) is 0 Å². The maximum atomic E-state index is 10.9. The number of nitrogens with zero attached hydrogens (tertiary/aromatic N) is 2. The van der Waals surface area contributed by atoms with E-state index in [-0.39, 0.29) is 12.5 Å². The van der Waals surface area contributed by atoms with E-state index in [1.54, 1.807) is 12.1 Å². The van der Waals surface area contributed by atoms with Gasteiger partial charge < -0.3 is 20.9 Å². The number of aromatic nitrogens is 2. The average molecular weight is 387 g/mol. The van der Waals surface area contributed by atoms with Crippen molar-refractivity contribution in [3.63, 3.8) is 0 Å². The molecule has 0 fully saturated rings. The SMILES string of the molecule is N#CC1=C(N)Oc2n[nH]c(-c3ccccc3)c2[C@@H]1c1ccc(OCC(N)=O)cc1. The van der Waals surface area contributed by atoms with Crippen LogP contribution >= 0.6 is 0 Å². The van der Waals surface area contributed by atoms with Gasteiger partial charge in [0, 0.05) is 0 Å². The molecule has 3 aromatic rings. The van der Waals surface area contributed by atoms with Crippen LogP contribution in [-0.2, 0) is 4.79 Å². The maximum absolute atomic E-state index is 10.9. The molecular formula is C21H17N5O3. The van der Waals surface area contributed by atoms with Crippen molar-refractivity contribution in [3.8, 4) is 29.0 Å². The zero-order valence-corrected chi connectivity index (χ0v) is 15.3. The van der Waals surface area contributed by atoms with E-state index in [2.05, 4.69) is 16.3 Å². The highest BCUT2D eigenvalue weighted by Gasteiger charge is 2.35. The number of amides is 1. The quantitative estimate of drug-likeness (QED) is 0.613. The van der Waals surface area contributed by atoms with Gasteiger partial charge in [-0.3, -0.25) is 9.89 Å². The highest BCUT2D eigenvalue weighted by Crippen LogP contribution is 2.45. The average Bonchev–Trinajstić information content (AvgIpc) is 3.15. The topological polar surface area (TPSA) is 140 Å². The van der Waals surface area contributed by atoms with Crippen molar-refractivity contribution < 1.29 is 14.3 Å². The Balaban J connectivity index is 1.79. The van der Waals surface area contributed by atoms with Crippen LogP contribution in [0.4, 0.5) is 0 Å². The zero-order valence-electron chi connectivity index (χ0n) is 15.3. The highest BCUT2D eigenvalue weighted by atomic mass is 16.5. The van der Waals surface area contributed by atoms with Crippen molar-refractivity contribution in [1.29, 1.82) is 5.26 Å². The molecule has 1 aliphatic heterocycles. The standard InChI is InChI=1S/C21H17N5O3/c22-10-15-17(12-6-8-14(9-7-12)28-11-16(23)27)18-19(13-4-2-1-3-5-13)25-26-21(18)29-20(15)24/h1-9,17H,11,24H2,(H2,23,27)(H,25,26)/t17-/m1/s1. The van der Waals surface area contributed by atoms with E-state index >= 15 is 0 Å². The number of primary amides is 1. The van der Waals surface area contributed by atoms with Gasteiger partial charge in [0.05, 0.1) is 17.2 Å². The molecule has 0 saturated heterocycles. The van der Waals surface area contributed by atoms with Crippen LogP contribution in [0, 0.1) is 11.3 Å². The number of allylic oxidation sites excluding steroid dienone is 1. The van der Waals surface area contributed by atoms with Crippen LogP contribution in [0.1, 0.15) is 17.0 Å². The number of hydrogen-bond acceptors (Lipinski definition) is 6. The lowest BCUT2D eigenvalue weighted by Gasteiger charge is -2.24. The van der Waals surface area contributed by atoms with Crippen molar-refractivity contribution in [2.45, 2.75) is 5.92 Å². The molecule has 5 N–H and O–H groups in total. The summed E-state index contributed by atoms with van der Waals surface area (Å²) in [7, 11) is 0. The Morgan fingerprint density at radius 3 is 2.59 bits per heavy atom. The second-order valence-corrected chi connectivity index (χ2v) is 6.43. The molecule has 29 heavy (non-hydrogen) atoms. The number of fused-ring (bicyclic) bond motifs is 1. The first-order valence-electron chi connectivity index (χ1n) is 8.80. The number of benzene rings is 2. The summed E-state index contributed by atoms with van der Waals surface area (Å²) in [5.74, 6) is -0.185. The van der Waals surface area contributed by atoms with E-state index in [4.69, 9.17) is 20.9 Å². The van der Waals surface area contributed by atoms with E-state index in [1.807, 2.05) is 42.5 Å². The lowest BCUT2D eigenvalue weighted by Crippen LogP contribution is -2.21. The summed E-state index contributed by atoms with van der Waals surface area (Å²) < 4.78 is 10.9. The molecule has 2 heterocycles. The molecule has 2 aromatic carbocycles. The molecule has 0 aliphatic carbocycles. The summed E-state index contributed by atoms with van der Waals surface area (Å²) in [6, 6.07) is 18.8. The molecule has 0 spiro atoms. The summed E-state index contributed by atoms with van der Waals surface area (Å²) >= 11 is 0. The van der Waals surface area contributed by atoms with E-state index in [0.717, 1.165) is 22.4 Å². The first kappa shape index (κ1) is 18.1. The van der Waals surface area contributed by atoms with E-state index < -0.39 is 11.8 Å². The van der Waals surface area contributed by atoms with Gasteiger partial charge in [-0.15, -0.1) is 5.10 Å². The molecule has 1 aromatic heterocycles. The molecule has 1 aliphatic rings. The second-order valence-electron chi connectivity index (χ2n) is 6.43. The largest absolute Gasteiger partial charge is 0.484 e. The van der Waals surface area contributed by atoms with Gasteiger partial charge in [-0.1, -0.05) is 42.5 Å². The Morgan fingerprint density at radius 1 is 1.21 bits per heavy atom. The minimum Gasteiger partial charge on any atom is -0.484 e. The number of aromatic amines is 1. The predicted molar refractivity (Wildman–Crippen MR) is 104 cm³/mol. The van der Waals surface area contributed by atoms with Gasteiger partial charge in [-0.25, -0.2) is 0 Å². The number of nitriles is 1. The van der Waals surface area contributed by atoms with Gasteiger partial charge >= 0.3 is 0 Å². The fourth-order valence-electron chi connectivity index (χ4n) is 3.31. The first-order valence-corrected chi connectivity index (χ1v) is 8.80. The van der Waals surface area contributed by atoms with Gasteiger partial charge in [0.1, 0.15) is 17.4 Å². The molecule has 4 rings (SSSR count). The van der Waals surface area contributed by atoms with Crippen LogP contribution in [0.25, 0.3) is 11.3 Å². The van der Waals surface area contributed by atoms with Gasteiger partial charge in [-0.2, -0.15) is 5.26 Å². The van der Waals surface area contributed by atoms with Crippen LogP contribution in [0.5, 0.6) is 11.6 Å². The Hall–Kier alpha value is -4.25. The van der Waals surface area contributed by atoms with E-state index in [0.29, 0.717) is 17.2 Å². The van der Waals surface area contributed by atoms with Gasteiger partial charge in [0.25, 0.3) is 5.91 Å². The minimum atomic E-state index is -0.559. The molecule has 0 bridgehead atoms. The predicted octanol–water partition coefficient (Wildman–Crippen LogP) is 2.16. The van der Waals surface area contributed by atoms with Crippen LogP contribution in [0.15, 0.2) is 66.1 Å². The van der Waals surface area contributed by atoms with Gasteiger partial charge in [0.15, 0.2) is 6.61 Å². The summed E-state index contributed by atoms with van der Waals surface area (Å²) in [6.07, 6.45) is 0. The summed E-state index contributed by atoms with van der Waals surface area (Å²) in [5.41, 5.74) is 14.6. The second kappa shape index (κ2) is 7.40. The lowest BCUT2D eigenvalue weighted by atomic mass is 9.83. The van der Waals surface area contributed by atoms with Gasteiger partial charge in [-0.05, 0) is 23.3 Å². The van der Waals surface area contributed by atoms with E-state index in [1.165, 1.54) is 0 Å². The smallest absolute Gasteiger partial charge is 0.255 e. The zero-order chi connectivity index (χ0) is 20.4. The molecule has 0 unspecified atom stereocenters. The summed E-state index contributed by atoms with van der Waals surface area (Å²) in [6.45, 7) is -0.211. The molecule has 8 heteroatoms. The van der Waals surface area contributed by atoms with Crippen molar-refractivity contribution in [3.05, 3.63) is 77.2 Å². The minimum absolute atomic E-state index is 0.0187. The Morgan fingerprint density at radius 2 is 1.93 bits per heavy atom. The number of carbonyl (C=O) groups excluding carboxylic acids is 1. The van der Waals surface area contributed by atoms with Crippen LogP contribution in [-0.4, -0.2) is 22.7 Å². The van der Waals surface area contributed by atoms with Crippen molar-refractivity contribution in [2.75, 3.05) is 6.61 Å². The fraction of sp³-hybridized carbons (Fsp3) is 0.0952. The Bertz CT molecular complexity index is 1130. The maximum Gasteiger partial charge on any atom is 0.255 e. The van der Waals surface area contributed by atoms with Crippen molar-refractivity contribution in [1.82, 2.24) is 10.2 Å². The Kier molecular flexibility index (Phi) is 4.63. The third kappa shape index (κ3) is 3.37. The number of rotatable bonds is 5. The molecular weight excluding hydrogens is 370 g/mol. The Labute approximate surface area is 166 Å². The van der Waals surface area contributed by atoms with Crippen molar-refractivity contribution in [2.24, 2.45) is 11.5 Å². The highest BCUT2D eigenvalue weighted by molar-refractivity contribution is 5.75. The number of nitrogens with two attached hydrogens (primary N) is 2. The van der Waals surface area contributed by atoms with Crippen LogP contribution < -0.4 is 20.9 Å². The number of nitrogens with one attached hydrogen (secondary N) is 1. The molecule has 1 amide bonds. The first-order chi connectivity index (χ1) is 14.1. The van der Waals surface area contributed by atoms with E-state index in [9.17, 15) is 10.1 Å². The van der Waals surface area contributed by atoms with Gasteiger partial charge in [0.2, 0.25) is 11.8 Å². The number of carbonyl (C=O) groups is 1. The lowest BCUT2D eigenvalue weighted by molar-refractivity contribution is -0.119. The molecule has 8 nitrogen and oxygen atoms in total. The molecule has 144 valence electrons. The summed E-state index contributed by atoms with van der Waals surface area (Å²) in [4.78, 5) is 10.9. The fourth-order valence-corrected chi connectivity index (χ4v) is 3.31. The normalized spacial score (nSPS) is 15.2.